The van der Waals surface area contributed by atoms with Crippen molar-refractivity contribution in [3.63, 3.8) is 0 Å². The molecule has 0 unspecified atom stereocenters. The molecule has 0 aliphatic heterocycles. The van der Waals surface area contributed by atoms with Crippen LogP contribution in [0.2, 0.25) is 0 Å². The molecule has 0 fully saturated rings. The number of nitrogens with one attached hydrogen (secondary N) is 2. The molecule has 2 rings (SSSR count). The fourth-order valence-electron chi connectivity index (χ4n) is 1.91. The van der Waals surface area contributed by atoms with Crippen LogP contribution in [0.15, 0.2) is 31.5 Å². The minimum atomic E-state index is -0.0276. The van der Waals surface area contributed by atoms with E-state index in [-0.39, 0.29) is 5.41 Å². The van der Waals surface area contributed by atoms with Crippen LogP contribution in [0, 0.1) is 0 Å². The van der Waals surface area contributed by atoms with Gasteiger partial charge in [0.1, 0.15) is 5.76 Å². The summed E-state index contributed by atoms with van der Waals surface area (Å²) in [5.74, 6) is 2.30. The lowest BCUT2D eigenvalue weighted by Gasteiger charge is -2.13. The molecule has 2 N–H and O–H groups in total. The maximum absolute atomic E-state index is 5.76. The largest absolute Gasteiger partial charge is 0.443 e. The Kier molecular flexibility index (Phi) is 6.24. The van der Waals surface area contributed by atoms with Gasteiger partial charge in [-0.25, -0.2) is 4.98 Å². The summed E-state index contributed by atoms with van der Waals surface area (Å²) < 4.78 is 6.92. The molecule has 0 atom stereocenters. The monoisotopic (exact) mass is 398 g/mol. The van der Waals surface area contributed by atoms with E-state index in [0.29, 0.717) is 12.4 Å². The van der Waals surface area contributed by atoms with Crippen LogP contribution in [-0.2, 0) is 18.4 Å². The Hall–Kier alpha value is -1.34. The Morgan fingerprint density at radius 2 is 2.13 bits per heavy atom. The quantitative estimate of drug-likeness (QED) is 0.595. The molecule has 2 heterocycles. The smallest absolute Gasteiger partial charge is 0.213 e. The summed E-state index contributed by atoms with van der Waals surface area (Å²) in [6, 6.07) is 4.20. The van der Waals surface area contributed by atoms with Gasteiger partial charge in [-0.2, -0.15) is 0 Å². The molecule has 5 nitrogen and oxygen atoms in total. The number of rotatable bonds is 5. The van der Waals surface area contributed by atoms with Gasteiger partial charge in [0.05, 0.1) is 16.5 Å². The Morgan fingerprint density at radius 1 is 1.35 bits per heavy atom. The van der Waals surface area contributed by atoms with Gasteiger partial charge < -0.3 is 15.1 Å². The van der Waals surface area contributed by atoms with Gasteiger partial charge in [0.2, 0.25) is 5.89 Å². The number of nitrogens with zero attached hydrogens (tertiary/aromatic N) is 2. The number of hydrogen-bond donors (Lipinski definition) is 2. The molecule has 2 aromatic rings. The van der Waals surface area contributed by atoms with Gasteiger partial charge in [-0.1, -0.05) is 20.8 Å². The molecule has 0 radical (unpaired) electrons. The van der Waals surface area contributed by atoms with Gasteiger partial charge in [0, 0.05) is 23.9 Å². The van der Waals surface area contributed by atoms with Gasteiger partial charge in [-0.15, -0.1) is 11.3 Å². The first-order valence-corrected chi connectivity index (χ1v) is 9.13. The van der Waals surface area contributed by atoms with Crippen molar-refractivity contribution in [3.05, 3.63) is 38.6 Å². The van der Waals surface area contributed by atoms with Crippen molar-refractivity contribution in [2.24, 2.45) is 4.99 Å². The van der Waals surface area contributed by atoms with Crippen LogP contribution in [-0.4, -0.2) is 24.5 Å². The van der Waals surface area contributed by atoms with Crippen LogP contribution in [0.5, 0.6) is 0 Å². The van der Waals surface area contributed by atoms with E-state index in [1.165, 1.54) is 4.88 Å². The molecule has 2 aromatic heterocycles. The zero-order valence-corrected chi connectivity index (χ0v) is 16.3. The lowest BCUT2D eigenvalue weighted by atomic mass is 9.94. The van der Waals surface area contributed by atoms with E-state index in [1.54, 1.807) is 24.6 Å². The van der Waals surface area contributed by atoms with Gasteiger partial charge in [0.25, 0.3) is 0 Å². The second kappa shape index (κ2) is 7.97. The van der Waals surface area contributed by atoms with Crippen molar-refractivity contribution in [2.75, 3.05) is 13.6 Å². The molecule has 23 heavy (non-hydrogen) atoms. The number of guanidine groups is 1. The van der Waals surface area contributed by atoms with Crippen LogP contribution in [0.4, 0.5) is 0 Å². The highest BCUT2D eigenvalue weighted by Gasteiger charge is 2.19. The molecular formula is C16H23BrN4OS. The Balaban J connectivity index is 1.77. The number of thiophene rings is 1. The summed E-state index contributed by atoms with van der Waals surface area (Å²) in [6.07, 6.45) is 2.76. The first kappa shape index (κ1) is 18.0. The molecule has 0 aliphatic rings. The average molecular weight is 399 g/mol. The third kappa shape index (κ3) is 5.66. The standard InChI is InChI=1S/C16H23BrN4OS/c1-16(2,3)12-9-20-14(22-12)10-21-15(18-4)19-8-7-11-5-6-13(17)23-11/h5-6,9H,7-8,10H2,1-4H3,(H2,18,19,21). The minimum absolute atomic E-state index is 0.0276. The predicted octanol–water partition coefficient (Wildman–Crippen LogP) is 3.70. The third-order valence-electron chi connectivity index (χ3n) is 3.22. The van der Waals surface area contributed by atoms with E-state index in [2.05, 4.69) is 69.4 Å². The normalized spacial score (nSPS) is 12.5. The second-order valence-corrected chi connectivity index (χ2v) is 8.72. The van der Waals surface area contributed by atoms with E-state index < -0.39 is 0 Å². The highest BCUT2D eigenvalue weighted by molar-refractivity contribution is 9.11. The summed E-state index contributed by atoms with van der Waals surface area (Å²) >= 11 is 5.23. The van der Waals surface area contributed by atoms with E-state index >= 15 is 0 Å². The van der Waals surface area contributed by atoms with Gasteiger partial charge in [-0.05, 0) is 34.5 Å². The summed E-state index contributed by atoms with van der Waals surface area (Å²) in [6.45, 7) is 7.65. The summed E-state index contributed by atoms with van der Waals surface area (Å²) in [4.78, 5) is 9.85. The molecule has 126 valence electrons. The maximum atomic E-state index is 5.76. The fourth-order valence-corrected chi connectivity index (χ4v) is 3.39. The van der Waals surface area contributed by atoms with Crippen LogP contribution in [0.3, 0.4) is 0 Å². The maximum Gasteiger partial charge on any atom is 0.213 e. The first-order chi connectivity index (χ1) is 10.9. The average Bonchev–Trinajstić information content (AvgIpc) is 3.11. The molecule has 0 aromatic carbocycles. The van der Waals surface area contributed by atoms with Crippen molar-refractivity contribution in [1.29, 1.82) is 0 Å². The van der Waals surface area contributed by atoms with Gasteiger partial charge in [-0.3, -0.25) is 4.99 Å². The molecular weight excluding hydrogens is 376 g/mol. The van der Waals surface area contributed by atoms with E-state index in [9.17, 15) is 0 Å². The fraction of sp³-hybridized carbons (Fsp3) is 0.500. The predicted molar refractivity (Wildman–Crippen MR) is 99.1 cm³/mol. The SMILES string of the molecule is CN=C(NCCc1ccc(Br)s1)NCc1ncc(C(C)(C)C)o1. The molecule has 0 amide bonds. The molecule has 0 aliphatic carbocycles. The minimum Gasteiger partial charge on any atom is -0.443 e. The van der Waals surface area contributed by atoms with Crippen molar-refractivity contribution < 1.29 is 4.42 Å². The van der Waals surface area contributed by atoms with Crippen LogP contribution < -0.4 is 10.6 Å². The lowest BCUT2D eigenvalue weighted by molar-refractivity contribution is 0.379. The second-order valence-electron chi connectivity index (χ2n) is 6.18. The number of halogens is 1. The molecule has 7 heteroatoms. The molecule has 0 saturated heterocycles. The van der Waals surface area contributed by atoms with Gasteiger partial charge in [0.15, 0.2) is 5.96 Å². The van der Waals surface area contributed by atoms with Crippen molar-refractivity contribution in [3.8, 4) is 0 Å². The Morgan fingerprint density at radius 3 is 2.70 bits per heavy atom. The van der Waals surface area contributed by atoms with Crippen LogP contribution >= 0.6 is 27.3 Å². The van der Waals surface area contributed by atoms with E-state index in [1.807, 2.05) is 0 Å². The number of aromatic nitrogens is 1. The Bertz CT molecular complexity index is 657. The highest BCUT2D eigenvalue weighted by Crippen LogP contribution is 2.23. The molecule has 0 bridgehead atoms. The molecule has 0 saturated carbocycles. The number of hydrogen-bond acceptors (Lipinski definition) is 4. The third-order valence-corrected chi connectivity index (χ3v) is 4.90. The van der Waals surface area contributed by atoms with Gasteiger partial charge >= 0.3 is 0 Å². The van der Waals surface area contributed by atoms with Crippen LogP contribution in [0.25, 0.3) is 0 Å². The summed E-state index contributed by atoms with van der Waals surface area (Å²) in [5.41, 5.74) is -0.0276. The Labute approximate surface area is 149 Å². The van der Waals surface area contributed by atoms with Crippen molar-refractivity contribution in [1.82, 2.24) is 15.6 Å². The van der Waals surface area contributed by atoms with E-state index in [4.69, 9.17) is 4.42 Å². The summed E-state index contributed by atoms with van der Waals surface area (Å²) in [5, 5.41) is 6.51. The van der Waals surface area contributed by atoms with Crippen LogP contribution in [0.1, 0.15) is 37.3 Å². The first-order valence-electron chi connectivity index (χ1n) is 7.52. The molecule has 0 spiro atoms. The lowest BCUT2D eigenvalue weighted by Crippen LogP contribution is -2.37. The zero-order chi connectivity index (χ0) is 16.9. The summed E-state index contributed by atoms with van der Waals surface area (Å²) in [7, 11) is 1.76. The van der Waals surface area contributed by atoms with Crippen molar-refractivity contribution in [2.45, 2.75) is 39.2 Å². The zero-order valence-electron chi connectivity index (χ0n) is 13.9. The number of aliphatic imine (C=N–C) groups is 1. The topological polar surface area (TPSA) is 62.5 Å². The number of oxazole rings is 1. The van der Waals surface area contributed by atoms with E-state index in [0.717, 1.165) is 28.5 Å². The van der Waals surface area contributed by atoms with Crippen molar-refractivity contribution >= 4 is 33.2 Å². The highest BCUT2D eigenvalue weighted by atomic mass is 79.9.